The monoisotopic (exact) mass is 440 g/mol. The third-order valence-electron chi connectivity index (χ3n) is 5.86. The fraction of sp³-hybridized carbons (Fsp3) is 0.926. The van der Waals surface area contributed by atoms with Crippen LogP contribution in [0, 0.1) is 23.7 Å². The van der Waals surface area contributed by atoms with Crippen molar-refractivity contribution in [1.29, 1.82) is 0 Å². The lowest BCUT2D eigenvalue weighted by Crippen LogP contribution is -2.23. The molecule has 4 nitrogen and oxygen atoms in total. The maximum absolute atomic E-state index is 12.4. The summed E-state index contributed by atoms with van der Waals surface area (Å²) in [6.07, 6.45) is 13.5. The molecule has 0 fully saturated rings. The molecule has 1 atom stereocenters. The third kappa shape index (κ3) is 19.4. The van der Waals surface area contributed by atoms with Crippen molar-refractivity contribution in [2.45, 2.75) is 125 Å². The van der Waals surface area contributed by atoms with E-state index in [1.54, 1.807) is 0 Å². The van der Waals surface area contributed by atoms with Crippen LogP contribution in [0.4, 0.5) is 0 Å². The maximum atomic E-state index is 12.4. The van der Waals surface area contributed by atoms with E-state index in [4.69, 9.17) is 9.47 Å². The summed E-state index contributed by atoms with van der Waals surface area (Å²) in [7, 11) is 0. The van der Waals surface area contributed by atoms with Crippen LogP contribution >= 0.6 is 0 Å². The van der Waals surface area contributed by atoms with Crippen molar-refractivity contribution < 1.29 is 19.1 Å². The minimum Gasteiger partial charge on any atom is -0.466 e. The average Bonchev–Trinajstić information content (AvgIpc) is 2.69. The highest BCUT2D eigenvalue weighted by Gasteiger charge is 2.23. The number of esters is 2. The molecule has 0 saturated carbocycles. The zero-order valence-electron chi connectivity index (χ0n) is 21.5. The first-order chi connectivity index (χ1) is 14.7. The number of hydrogen-bond acceptors (Lipinski definition) is 4. The van der Waals surface area contributed by atoms with Gasteiger partial charge in [0, 0.05) is 6.42 Å². The molecule has 0 radical (unpaired) electrons. The molecular formula is C27H52O4. The molecule has 4 heteroatoms. The zero-order valence-corrected chi connectivity index (χ0v) is 21.5. The first-order valence-corrected chi connectivity index (χ1v) is 13.1. The predicted octanol–water partition coefficient (Wildman–Crippen LogP) is 7.73. The van der Waals surface area contributed by atoms with Gasteiger partial charge in [-0.2, -0.15) is 0 Å². The van der Waals surface area contributed by atoms with Gasteiger partial charge in [0.25, 0.3) is 0 Å². The molecule has 0 amide bonds. The lowest BCUT2D eigenvalue weighted by Gasteiger charge is -2.19. The Morgan fingerprint density at radius 3 is 1.58 bits per heavy atom. The summed E-state index contributed by atoms with van der Waals surface area (Å²) < 4.78 is 10.8. The van der Waals surface area contributed by atoms with Gasteiger partial charge in [0.15, 0.2) is 0 Å². The van der Waals surface area contributed by atoms with Crippen LogP contribution in [-0.2, 0) is 19.1 Å². The summed E-state index contributed by atoms with van der Waals surface area (Å²) in [6, 6.07) is 0. The molecule has 1 unspecified atom stereocenters. The summed E-state index contributed by atoms with van der Waals surface area (Å²) >= 11 is 0. The summed E-state index contributed by atoms with van der Waals surface area (Å²) in [5.74, 6) is 1.65. The van der Waals surface area contributed by atoms with E-state index in [9.17, 15) is 9.59 Å². The van der Waals surface area contributed by atoms with Crippen molar-refractivity contribution in [3.63, 3.8) is 0 Å². The Labute approximate surface area is 193 Å². The van der Waals surface area contributed by atoms with Crippen LogP contribution in [0.25, 0.3) is 0 Å². The summed E-state index contributed by atoms with van der Waals surface area (Å²) in [4.78, 5) is 24.1. The number of hydrogen-bond donors (Lipinski definition) is 0. The standard InChI is InChI=1S/C27H52O4/c1-22(2)16-14-20-30-26(28)19-13-11-9-7-8-10-12-18-25(24(5)6)27(29)31-21-15-17-23(3)4/h22-25H,7-21H2,1-6H3. The smallest absolute Gasteiger partial charge is 0.309 e. The van der Waals surface area contributed by atoms with Crippen LogP contribution in [0.3, 0.4) is 0 Å². The second-order valence-electron chi connectivity index (χ2n) is 10.3. The Balaban J connectivity index is 3.67. The minimum atomic E-state index is -0.0421. The second kappa shape index (κ2) is 19.6. The summed E-state index contributed by atoms with van der Waals surface area (Å²) in [5.41, 5.74) is 0. The highest BCUT2D eigenvalue weighted by molar-refractivity contribution is 5.72. The Kier molecular flexibility index (Phi) is 18.9. The van der Waals surface area contributed by atoms with Crippen molar-refractivity contribution in [2.24, 2.45) is 23.7 Å². The van der Waals surface area contributed by atoms with Crippen molar-refractivity contribution in [1.82, 2.24) is 0 Å². The Hall–Kier alpha value is -1.06. The van der Waals surface area contributed by atoms with Gasteiger partial charge < -0.3 is 9.47 Å². The van der Waals surface area contributed by atoms with E-state index < -0.39 is 0 Å². The lowest BCUT2D eigenvalue weighted by atomic mass is 9.90. The molecule has 0 saturated heterocycles. The van der Waals surface area contributed by atoms with E-state index in [1.165, 1.54) is 25.7 Å². The van der Waals surface area contributed by atoms with Crippen LogP contribution in [0.1, 0.15) is 125 Å². The van der Waals surface area contributed by atoms with Crippen molar-refractivity contribution >= 4 is 11.9 Å². The SMILES string of the molecule is CC(C)CCCOC(=O)CCCCCCCCCC(C(=O)OCCCC(C)C)C(C)C. The molecule has 0 aliphatic heterocycles. The van der Waals surface area contributed by atoms with Crippen molar-refractivity contribution in [2.75, 3.05) is 13.2 Å². The lowest BCUT2D eigenvalue weighted by molar-refractivity contribution is -0.150. The van der Waals surface area contributed by atoms with E-state index in [-0.39, 0.29) is 17.9 Å². The first kappa shape index (κ1) is 29.9. The third-order valence-corrected chi connectivity index (χ3v) is 5.86. The fourth-order valence-electron chi connectivity index (χ4n) is 3.76. The number of rotatable bonds is 20. The van der Waals surface area contributed by atoms with E-state index in [0.29, 0.717) is 37.4 Å². The van der Waals surface area contributed by atoms with Gasteiger partial charge in [-0.3, -0.25) is 9.59 Å². The number of carbonyl (C=O) groups excluding carboxylic acids is 2. The minimum absolute atomic E-state index is 0.00477. The van der Waals surface area contributed by atoms with Crippen LogP contribution < -0.4 is 0 Å². The molecular weight excluding hydrogens is 388 g/mol. The molecule has 0 heterocycles. The van der Waals surface area contributed by atoms with Gasteiger partial charge in [-0.05, 0) is 56.3 Å². The quantitative estimate of drug-likeness (QED) is 0.143. The molecule has 0 bridgehead atoms. The fourth-order valence-corrected chi connectivity index (χ4v) is 3.76. The highest BCUT2D eigenvalue weighted by atomic mass is 16.5. The van der Waals surface area contributed by atoms with Crippen molar-refractivity contribution in [3.8, 4) is 0 Å². The van der Waals surface area contributed by atoms with Crippen LogP contribution in [0.5, 0.6) is 0 Å². The van der Waals surface area contributed by atoms with Crippen LogP contribution in [-0.4, -0.2) is 25.2 Å². The Morgan fingerprint density at radius 1 is 0.581 bits per heavy atom. The first-order valence-electron chi connectivity index (χ1n) is 13.1. The second-order valence-corrected chi connectivity index (χ2v) is 10.3. The topological polar surface area (TPSA) is 52.6 Å². The molecule has 0 aromatic rings. The molecule has 184 valence electrons. The summed E-state index contributed by atoms with van der Waals surface area (Å²) in [6.45, 7) is 14.1. The molecule has 31 heavy (non-hydrogen) atoms. The van der Waals surface area contributed by atoms with Gasteiger partial charge in [0.1, 0.15) is 0 Å². The molecule has 0 N–H and O–H groups in total. The largest absolute Gasteiger partial charge is 0.466 e. The predicted molar refractivity (Wildman–Crippen MR) is 130 cm³/mol. The molecule has 0 aromatic carbocycles. The van der Waals surface area contributed by atoms with Gasteiger partial charge >= 0.3 is 11.9 Å². The van der Waals surface area contributed by atoms with E-state index in [1.807, 2.05) is 0 Å². The Bertz CT molecular complexity index is 443. The normalized spacial score (nSPS) is 12.5. The number of ether oxygens (including phenoxy) is 2. The average molecular weight is 441 g/mol. The van der Waals surface area contributed by atoms with Crippen LogP contribution in [0.15, 0.2) is 0 Å². The van der Waals surface area contributed by atoms with Gasteiger partial charge in [-0.25, -0.2) is 0 Å². The molecule has 0 aliphatic rings. The van der Waals surface area contributed by atoms with Crippen LogP contribution in [0.2, 0.25) is 0 Å². The van der Waals surface area contributed by atoms with E-state index in [0.717, 1.165) is 51.4 Å². The van der Waals surface area contributed by atoms with Crippen molar-refractivity contribution in [3.05, 3.63) is 0 Å². The highest BCUT2D eigenvalue weighted by Crippen LogP contribution is 2.21. The van der Waals surface area contributed by atoms with Gasteiger partial charge in [0.2, 0.25) is 0 Å². The van der Waals surface area contributed by atoms with Gasteiger partial charge in [-0.1, -0.05) is 80.1 Å². The van der Waals surface area contributed by atoms with Gasteiger partial charge in [0.05, 0.1) is 19.1 Å². The maximum Gasteiger partial charge on any atom is 0.309 e. The Morgan fingerprint density at radius 2 is 1.06 bits per heavy atom. The number of carbonyl (C=O) groups is 2. The molecule has 0 spiro atoms. The molecule has 0 rings (SSSR count). The van der Waals surface area contributed by atoms with E-state index in [2.05, 4.69) is 41.5 Å². The number of unbranched alkanes of at least 4 members (excludes halogenated alkanes) is 6. The molecule has 0 aliphatic carbocycles. The van der Waals surface area contributed by atoms with Gasteiger partial charge in [-0.15, -0.1) is 0 Å². The summed E-state index contributed by atoms with van der Waals surface area (Å²) in [5, 5.41) is 0. The molecule has 0 aromatic heterocycles. The van der Waals surface area contributed by atoms with E-state index >= 15 is 0 Å². The zero-order chi connectivity index (χ0) is 23.5.